The molecule has 200 valence electrons. The Labute approximate surface area is 239 Å². The molecule has 0 saturated carbocycles. The molecule has 0 aliphatic carbocycles. The lowest BCUT2D eigenvalue weighted by Gasteiger charge is -2.12. The number of hydrogen-bond donors (Lipinski definition) is 1. The number of esters is 1. The molecule has 0 unspecified atom stereocenters. The van der Waals surface area contributed by atoms with Gasteiger partial charge in [0.25, 0.3) is 5.91 Å². The molecule has 9 heteroatoms. The zero-order valence-electron chi connectivity index (χ0n) is 21.7. The maximum atomic E-state index is 12.8. The van der Waals surface area contributed by atoms with E-state index in [1.807, 2.05) is 54.6 Å². The summed E-state index contributed by atoms with van der Waals surface area (Å²) in [7, 11) is 3.23. The van der Waals surface area contributed by atoms with Crippen LogP contribution in [-0.4, -0.2) is 42.7 Å². The van der Waals surface area contributed by atoms with Crippen LogP contribution < -0.4 is 14.8 Å². The zero-order chi connectivity index (χ0) is 28.1. The molecule has 0 aliphatic rings. The molecule has 5 rings (SSSR count). The molecule has 1 aromatic heterocycles. The predicted octanol–water partition coefficient (Wildman–Crippen LogP) is 6.54. The summed E-state index contributed by atoms with van der Waals surface area (Å²) in [4.78, 5) is 34.9. The normalized spacial score (nSPS) is 10.7. The predicted molar refractivity (Wildman–Crippen MR) is 157 cm³/mol. The lowest BCUT2D eigenvalue weighted by molar-refractivity contribution is -0.119. The lowest BCUT2D eigenvalue weighted by atomic mass is 10.0. The van der Waals surface area contributed by atoms with E-state index >= 15 is 0 Å². The van der Waals surface area contributed by atoms with Gasteiger partial charge in [0, 0.05) is 15.6 Å². The standard InChI is InChI=1S/C31H24BrN3O5/c1-38-22-12-7-19(8-13-22)29-30(20-9-14-23(39-2)15-10-20)35-27-17-21(11-16-26(27)34-29)31(37)40-18-28(36)33-25-6-4-3-5-24(25)32/h3-17H,18H2,1-2H3,(H,33,36). The Hall–Kier alpha value is -4.76. The Morgan fingerprint density at radius 1 is 0.750 bits per heavy atom. The number of para-hydroxylation sites is 1. The largest absolute Gasteiger partial charge is 0.497 e. The van der Waals surface area contributed by atoms with Crippen molar-refractivity contribution in [2.45, 2.75) is 0 Å². The highest BCUT2D eigenvalue weighted by Gasteiger charge is 2.17. The number of carbonyl (C=O) groups excluding carboxylic acids is 2. The van der Waals surface area contributed by atoms with Gasteiger partial charge in [-0.1, -0.05) is 12.1 Å². The quantitative estimate of drug-likeness (QED) is 0.203. The number of ether oxygens (including phenoxy) is 3. The number of nitrogens with one attached hydrogen (secondary N) is 1. The minimum absolute atomic E-state index is 0.258. The number of fused-ring (bicyclic) bond motifs is 1. The van der Waals surface area contributed by atoms with Crippen molar-refractivity contribution in [2.75, 3.05) is 26.1 Å². The van der Waals surface area contributed by atoms with Crippen molar-refractivity contribution in [2.24, 2.45) is 0 Å². The van der Waals surface area contributed by atoms with Crippen LogP contribution in [0, 0.1) is 0 Å². The SMILES string of the molecule is COc1ccc(-c2nc3ccc(C(=O)OCC(=O)Nc4ccccc4Br)cc3nc2-c2ccc(OC)cc2)cc1. The molecular weight excluding hydrogens is 574 g/mol. The molecular formula is C31H24BrN3O5. The van der Waals surface area contributed by atoms with Gasteiger partial charge >= 0.3 is 5.97 Å². The van der Waals surface area contributed by atoms with Gasteiger partial charge in [0.15, 0.2) is 6.61 Å². The van der Waals surface area contributed by atoms with Gasteiger partial charge in [-0.3, -0.25) is 4.79 Å². The molecule has 1 N–H and O–H groups in total. The molecule has 1 heterocycles. The maximum Gasteiger partial charge on any atom is 0.338 e. The fourth-order valence-corrected chi connectivity index (χ4v) is 4.43. The maximum absolute atomic E-state index is 12.8. The van der Waals surface area contributed by atoms with E-state index in [4.69, 9.17) is 24.2 Å². The Morgan fingerprint density at radius 2 is 1.32 bits per heavy atom. The zero-order valence-corrected chi connectivity index (χ0v) is 23.3. The van der Waals surface area contributed by atoms with E-state index in [1.54, 1.807) is 50.6 Å². The Bertz CT molecular complexity index is 1690. The summed E-state index contributed by atoms with van der Waals surface area (Å²) in [6.07, 6.45) is 0. The van der Waals surface area contributed by atoms with Crippen LogP contribution in [0.5, 0.6) is 11.5 Å². The second kappa shape index (κ2) is 12.0. The highest BCUT2D eigenvalue weighted by Crippen LogP contribution is 2.33. The van der Waals surface area contributed by atoms with Crippen LogP contribution in [0.3, 0.4) is 0 Å². The molecule has 0 saturated heterocycles. The fourth-order valence-electron chi connectivity index (χ4n) is 4.04. The van der Waals surface area contributed by atoms with Crippen LogP contribution in [0.25, 0.3) is 33.5 Å². The first-order chi connectivity index (χ1) is 19.4. The van der Waals surface area contributed by atoms with E-state index in [-0.39, 0.29) is 5.56 Å². The van der Waals surface area contributed by atoms with Crippen molar-refractivity contribution in [3.63, 3.8) is 0 Å². The number of amides is 1. The highest BCUT2D eigenvalue weighted by atomic mass is 79.9. The van der Waals surface area contributed by atoms with Gasteiger partial charge in [-0.05, 0) is 94.8 Å². The van der Waals surface area contributed by atoms with Crippen molar-refractivity contribution in [1.82, 2.24) is 9.97 Å². The van der Waals surface area contributed by atoms with E-state index in [9.17, 15) is 9.59 Å². The number of anilines is 1. The summed E-state index contributed by atoms with van der Waals surface area (Å²) in [5.74, 6) is 0.358. The monoisotopic (exact) mass is 597 g/mol. The third-order valence-corrected chi connectivity index (χ3v) is 6.80. The van der Waals surface area contributed by atoms with Crippen LogP contribution in [0.4, 0.5) is 5.69 Å². The van der Waals surface area contributed by atoms with Gasteiger partial charge in [0.1, 0.15) is 11.5 Å². The van der Waals surface area contributed by atoms with E-state index in [0.717, 1.165) is 27.1 Å². The molecule has 0 atom stereocenters. The Morgan fingerprint density at radius 3 is 1.90 bits per heavy atom. The summed E-state index contributed by atoms with van der Waals surface area (Å²) in [5.41, 5.74) is 4.97. The van der Waals surface area contributed by atoms with Gasteiger partial charge in [0.2, 0.25) is 0 Å². The third-order valence-electron chi connectivity index (χ3n) is 6.11. The molecule has 0 spiro atoms. The van der Waals surface area contributed by atoms with E-state index in [2.05, 4.69) is 21.2 Å². The smallest absolute Gasteiger partial charge is 0.338 e. The lowest BCUT2D eigenvalue weighted by Crippen LogP contribution is -2.21. The first kappa shape index (κ1) is 26.8. The highest BCUT2D eigenvalue weighted by molar-refractivity contribution is 9.10. The number of methoxy groups -OCH3 is 2. The molecule has 5 aromatic rings. The van der Waals surface area contributed by atoms with Gasteiger partial charge in [0.05, 0.1) is 47.9 Å². The van der Waals surface area contributed by atoms with Gasteiger partial charge in [-0.2, -0.15) is 0 Å². The average Bonchev–Trinajstić information content (AvgIpc) is 3.00. The molecule has 1 amide bonds. The van der Waals surface area contributed by atoms with E-state index in [1.165, 1.54) is 0 Å². The number of nitrogens with zero attached hydrogens (tertiary/aromatic N) is 2. The van der Waals surface area contributed by atoms with Crippen LogP contribution in [-0.2, 0) is 9.53 Å². The summed E-state index contributed by atoms with van der Waals surface area (Å²) >= 11 is 3.37. The van der Waals surface area contributed by atoms with Gasteiger partial charge in [-0.25, -0.2) is 14.8 Å². The number of benzene rings is 4. The minimum Gasteiger partial charge on any atom is -0.497 e. The van der Waals surface area contributed by atoms with Crippen LogP contribution >= 0.6 is 15.9 Å². The topological polar surface area (TPSA) is 99.6 Å². The number of hydrogen-bond acceptors (Lipinski definition) is 7. The van der Waals surface area contributed by atoms with Crippen molar-refractivity contribution in [3.8, 4) is 34.0 Å². The fraction of sp³-hybridized carbons (Fsp3) is 0.0968. The molecule has 0 radical (unpaired) electrons. The second-order valence-corrected chi connectivity index (χ2v) is 9.54. The third kappa shape index (κ3) is 5.94. The molecule has 8 nitrogen and oxygen atoms in total. The van der Waals surface area contributed by atoms with Crippen LogP contribution in [0.2, 0.25) is 0 Å². The molecule has 4 aromatic carbocycles. The summed E-state index contributed by atoms with van der Waals surface area (Å²) in [5, 5.41) is 2.71. The first-order valence-electron chi connectivity index (χ1n) is 12.3. The Balaban J connectivity index is 1.44. The van der Waals surface area contributed by atoms with Crippen LogP contribution in [0.1, 0.15) is 10.4 Å². The van der Waals surface area contributed by atoms with E-state index < -0.39 is 18.5 Å². The average molecular weight is 598 g/mol. The second-order valence-electron chi connectivity index (χ2n) is 8.69. The molecule has 0 fully saturated rings. The van der Waals surface area contributed by atoms with Crippen molar-refractivity contribution in [3.05, 3.63) is 101 Å². The number of halogens is 1. The molecule has 0 bridgehead atoms. The van der Waals surface area contributed by atoms with Crippen molar-refractivity contribution in [1.29, 1.82) is 0 Å². The molecule has 0 aliphatic heterocycles. The van der Waals surface area contributed by atoms with Gasteiger partial charge in [-0.15, -0.1) is 0 Å². The first-order valence-corrected chi connectivity index (χ1v) is 13.1. The van der Waals surface area contributed by atoms with Crippen molar-refractivity contribution < 1.29 is 23.8 Å². The summed E-state index contributed by atoms with van der Waals surface area (Å²) in [6, 6.07) is 27.2. The van der Waals surface area contributed by atoms with Crippen LogP contribution in [0.15, 0.2) is 95.5 Å². The summed E-state index contributed by atoms with van der Waals surface area (Å²) < 4.78 is 16.6. The minimum atomic E-state index is -0.642. The Kier molecular flexibility index (Phi) is 8.02. The number of carbonyl (C=O) groups is 2. The molecule has 40 heavy (non-hydrogen) atoms. The number of rotatable bonds is 8. The van der Waals surface area contributed by atoms with Crippen molar-refractivity contribution >= 4 is 44.5 Å². The van der Waals surface area contributed by atoms with Gasteiger partial charge < -0.3 is 19.5 Å². The number of aromatic nitrogens is 2. The van der Waals surface area contributed by atoms with E-state index in [0.29, 0.717) is 28.1 Å². The summed E-state index contributed by atoms with van der Waals surface area (Å²) in [6.45, 7) is -0.433.